The zero-order chi connectivity index (χ0) is 13.5. The van der Waals surface area contributed by atoms with E-state index in [1.807, 2.05) is 6.07 Å². The molecule has 0 amide bonds. The van der Waals surface area contributed by atoms with Crippen molar-refractivity contribution in [2.24, 2.45) is 0 Å². The second-order valence-electron chi connectivity index (χ2n) is 4.72. The molecule has 0 bridgehead atoms. The highest BCUT2D eigenvalue weighted by Crippen LogP contribution is 2.47. The van der Waals surface area contributed by atoms with Gasteiger partial charge in [0.1, 0.15) is 0 Å². The van der Waals surface area contributed by atoms with Crippen molar-refractivity contribution in [2.45, 2.75) is 24.8 Å². The number of esters is 1. The van der Waals surface area contributed by atoms with Gasteiger partial charge in [0.05, 0.1) is 18.5 Å². The van der Waals surface area contributed by atoms with E-state index in [1.54, 1.807) is 12.1 Å². The first kappa shape index (κ1) is 12.0. The molecule has 1 aromatic carbocycles. The maximum absolute atomic E-state index is 12.0. The quantitative estimate of drug-likeness (QED) is 0.660. The van der Waals surface area contributed by atoms with Gasteiger partial charge in [0.25, 0.3) is 0 Å². The number of hydrogen-bond acceptors (Lipinski definition) is 6. The maximum Gasteiger partial charge on any atom is 0.334 e. The zero-order valence-corrected chi connectivity index (χ0v) is 10.5. The lowest BCUT2D eigenvalue weighted by molar-refractivity contribution is -0.154. The van der Waals surface area contributed by atoms with E-state index in [-0.39, 0.29) is 5.97 Å². The number of methoxy groups -OCH3 is 1. The van der Waals surface area contributed by atoms with Crippen LogP contribution in [0.3, 0.4) is 0 Å². The number of anilines is 2. The van der Waals surface area contributed by atoms with Crippen molar-refractivity contribution < 1.29 is 19.3 Å². The van der Waals surface area contributed by atoms with Crippen molar-refractivity contribution in [3.05, 3.63) is 23.8 Å². The Morgan fingerprint density at radius 2 is 2.32 bits per heavy atom. The Labute approximate surface area is 110 Å². The summed E-state index contributed by atoms with van der Waals surface area (Å²) in [6.07, 6.45) is 3.04. The molecule has 3 rings (SSSR count). The van der Waals surface area contributed by atoms with Crippen molar-refractivity contribution in [3.63, 3.8) is 0 Å². The number of benzene rings is 1. The first-order valence-corrected chi connectivity index (χ1v) is 6.13. The van der Waals surface area contributed by atoms with Crippen LogP contribution in [0, 0.1) is 0 Å². The van der Waals surface area contributed by atoms with Crippen LogP contribution >= 0.6 is 0 Å². The van der Waals surface area contributed by atoms with Crippen LogP contribution < -0.4 is 10.5 Å². The minimum Gasteiger partial charge on any atom is -0.467 e. The molecule has 1 saturated carbocycles. The molecule has 1 aliphatic heterocycles. The first-order valence-electron chi connectivity index (χ1n) is 6.13. The fourth-order valence-electron chi connectivity index (χ4n) is 2.59. The second-order valence-corrected chi connectivity index (χ2v) is 4.72. The second kappa shape index (κ2) is 4.24. The number of para-hydroxylation sites is 1. The third kappa shape index (κ3) is 1.53. The molecule has 100 valence electrons. The van der Waals surface area contributed by atoms with E-state index >= 15 is 0 Å². The zero-order valence-electron chi connectivity index (χ0n) is 10.5. The van der Waals surface area contributed by atoms with Crippen molar-refractivity contribution in [1.29, 1.82) is 0 Å². The normalized spacial score (nSPS) is 19.1. The molecule has 1 N–H and O–H groups in total. The number of nitrogens with zero attached hydrogens (tertiary/aromatic N) is 1. The minimum absolute atomic E-state index is 0.315. The summed E-state index contributed by atoms with van der Waals surface area (Å²) >= 11 is 0. The van der Waals surface area contributed by atoms with Crippen LogP contribution in [0.1, 0.15) is 29.6 Å². The summed E-state index contributed by atoms with van der Waals surface area (Å²) in [6.45, 7) is 0. The van der Waals surface area contributed by atoms with Crippen molar-refractivity contribution in [2.75, 3.05) is 17.7 Å². The van der Waals surface area contributed by atoms with Gasteiger partial charge in [0, 0.05) is 5.56 Å². The van der Waals surface area contributed by atoms with Gasteiger partial charge in [-0.2, -0.15) is 4.94 Å². The molecule has 0 spiro atoms. The highest BCUT2D eigenvalue weighted by atomic mass is 16.8. The Bertz CT molecular complexity index is 539. The number of nitrogens with one attached hydrogen (secondary N) is 1. The molecule has 6 heteroatoms. The topological polar surface area (TPSA) is 67.9 Å². The summed E-state index contributed by atoms with van der Waals surface area (Å²) in [6, 6.07) is 5.26. The number of hydrogen-bond donors (Lipinski definition) is 1. The maximum atomic E-state index is 12.0. The molecule has 0 saturated heterocycles. The number of carbonyl (C=O) groups excluding carboxylic acids is 2. The molecule has 0 aromatic heterocycles. The van der Waals surface area contributed by atoms with Crippen molar-refractivity contribution in [1.82, 2.24) is 0 Å². The van der Waals surface area contributed by atoms with Crippen LogP contribution in [0.4, 0.5) is 11.4 Å². The lowest BCUT2D eigenvalue weighted by atomic mass is 9.76. The van der Waals surface area contributed by atoms with Gasteiger partial charge in [0.15, 0.2) is 11.8 Å². The van der Waals surface area contributed by atoms with E-state index in [0.29, 0.717) is 29.8 Å². The predicted octanol–water partition coefficient (Wildman–Crippen LogP) is 1.67. The Morgan fingerprint density at radius 1 is 1.53 bits per heavy atom. The molecular weight excluding hydrogens is 248 g/mol. The van der Waals surface area contributed by atoms with Gasteiger partial charge >= 0.3 is 5.97 Å². The van der Waals surface area contributed by atoms with Crippen LogP contribution in [-0.2, 0) is 14.5 Å². The number of aldehydes is 1. The van der Waals surface area contributed by atoms with E-state index in [0.717, 1.165) is 12.7 Å². The van der Waals surface area contributed by atoms with E-state index < -0.39 is 5.54 Å². The lowest BCUT2D eigenvalue weighted by Gasteiger charge is -2.44. The van der Waals surface area contributed by atoms with E-state index in [9.17, 15) is 9.59 Å². The fourth-order valence-corrected chi connectivity index (χ4v) is 2.59. The van der Waals surface area contributed by atoms with Gasteiger partial charge in [-0.1, -0.05) is 6.07 Å². The van der Waals surface area contributed by atoms with Crippen LogP contribution in [-0.4, -0.2) is 24.9 Å². The molecule has 0 unspecified atom stereocenters. The monoisotopic (exact) mass is 262 g/mol. The summed E-state index contributed by atoms with van der Waals surface area (Å²) in [5.74, 6) is -0.315. The first-order chi connectivity index (χ1) is 9.23. The Kier molecular flexibility index (Phi) is 2.67. The smallest absolute Gasteiger partial charge is 0.334 e. The fraction of sp³-hybridized carbons (Fsp3) is 0.385. The Morgan fingerprint density at radius 3 is 2.89 bits per heavy atom. The minimum atomic E-state index is -0.783. The van der Waals surface area contributed by atoms with Gasteiger partial charge in [-0.05, 0) is 31.4 Å². The van der Waals surface area contributed by atoms with Crippen LogP contribution in [0.2, 0.25) is 0 Å². The molecule has 2 aliphatic rings. The van der Waals surface area contributed by atoms with E-state index in [1.165, 1.54) is 12.2 Å². The number of carbonyl (C=O) groups is 2. The summed E-state index contributed by atoms with van der Waals surface area (Å²) < 4.78 is 4.88. The third-order valence-electron chi connectivity index (χ3n) is 3.79. The largest absolute Gasteiger partial charge is 0.467 e. The molecule has 0 radical (unpaired) electrons. The highest BCUT2D eigenvalue weighted by Gasteiger charge is 2.54. The summed E-state index contributed by atoms with van der Waals surface area (Å²) in [5, 5.41) is 1.53. The van der Waals surface area contributed by atoms with Crippen LogP contribution in [0.15, 0.2) is 18.2 Å². The van der Waals surface area contributed by atoms with Crippen molar-refractivity contribution >= 4 is 23.6 Å². The summed E-state index contributed by atoms with van der Waals surface area (Å²) in [4.78, 5) is 28.4. The Hall–Kier alpha value is -2.08. The van der Waals surface area contributed by atoms with Gasteiger partial charge < -0.3 is 4.74 Å². The third-order valence-corrected chi connectivity index (χ3v) is 3.79. The molecule has 1 aliphatic carbocycles. The average Bonchev–Trinajstić information content (AvgIpc) is 2.81. The molecule has 0 atom stereocenters. The molecule has 1 heterocycles. The van der Waals surface area contributed by atoms with Crippen molar-refractivity contribution in [3.8, 4) is 0 Å². The molecule has 1 fully saturated rings. The number of fused-ring (bicyclic) bond motifs is 1. The number of rotatable bonds is 3. The molecule has 19 heavy (non-hydrogen) atoms. The van der Waals surface area contributed by atoms with E-state index in [4.69, 9.17) is 9.68 Å². The van der Waals surface area contributed by atoms with Gasteiger partial charge in [-0.25, -0.2) is 15.3 Å². The number of ether oxygens (including phenoxy) is 1. The molecule has 1 aromatic rings. The predicted molar refractivity (Wildman–Crippen MR) is 67.6 cm³/mol. The Balaban J connectivity index is 2.02. The summed E-state index contributed by atoms with van der Waals surface area (Å²) in [7, 11) is 1.37. The standard InChI is InChI=1S/C13H14N2O4/c1-18-12(17)13(6-3-7-13)15-10-5-2-4-9(8-16)11(10)14-19-15/h2,4-5,8,14H,3,6-7H2,1H3. The number of hydroxylamine groups is 1. The SMILES string of the molecule is COC(=O)C1(N2ONc3c(C=O)cccc32)CCC1. The highest BCUT2D eigenvalue weighted by molar-refractivity contribution is 5.94. The van der Waals surface area contributed by atoms with Crippen LogP contribution in [0.25, 0.3) is 0 Å². The van der Waals surface area contributed by atoms with Crippen LogP contribution in [0.5, 0.6) is 0 Å². The van der Waals surface area contributed by atoms with Gasteiger partial charge in [-0.15, -0.1) is 0 Å². The lowest BCUT2D eigenvalue weighted by Crippen LogP contribution is -2.59. The molecule has 6 nitrogen and oxygen atoms in total. The van der Waals surface area contributed by atoms with Gasteiger partial charge in [-0.3, -0.25) is 4.79 Å². The van der Waals surface area contributed by atoms with Gasteiger partial charge in [0.2, 0.25) is 0 Å². The molecular formula is C13H14N2O4. The summed E-state index contributed by atoms with van der Waals surface area (Å²) in [5.41, 5.74) is 3.71. The van der Waals surface area contributed by atoms with E-state index in [2.05, 4.69) is 5.48 Å². The average molecular weight is 262 g/mol.